The summed E-state index contributed by atoms with van der Waals surface area (Å²) in [5.41, 5.74) is 6.61. The predicted octanol–water partition coefficient (Wildman–Crippen LogP) is 1.49. The van der Waals surface area contributed by atoms with E-state index in [1.807, 2.05) is 18.2 Å². The molecule has 0 fully saturated rings. The second-order valence-electron chi connectivity index (χ2n) is 4.52. The van der Waals surface area contributed by atoms with Crippen LogP contribution in [0.2, 0.25) is 0 Å². The zero-order chi connectivity index (χ0) is 14.8. The van der Waals surface area contributed by atoms with Crippen molar-refractivity contribution in [3.63, 3.8) is 0 Å². The van der Waals surface area contributed by atoms with Gasteiger partial charge in [-0.05, 0) is 37.1 Å². The first-order chi connectivity index (χ1) is 9.71. The quantitative estimate of drug-likeness (QED) is 0.672. The molecule has 0 spiro atoms. The van der Waals surface area contributed by atoms with Gasteiger partial charge in [-0.2, -0.15) is 0 Å². The maximum Gasteiger partial charge on any atom is 0.257 e. The second kappa shape index (κ2) is 9.20. The van der Waals surface area contributed by atoms with Crippen LogP contribution in [0.15, 0.2) is 18.2 Å². The fourth-order valence-electron chi connectivity index (χ4n) is 1.75. The summed E-state index contributed by atoms with van der Waals surface area (Å²) in [6.07, 6.45) is 2.81. The number of rotatable bonds is 9. The van der Waals surface area contributed by atoms with Crippen LogP contribution in [0.1, 0.15) is 25.3 Å². The van der Waals surface area contributed by atoms with Crippen LogP contribution in [0.4, 0.5) is 0 Å². The van der Waals surface area contributed by atoms with Crippen molar-refractivity contribution in [1.29, 1.82) is 0 Å². The van der Waals surface area contributed by atoms with Gasteiger partial charge in [0.2, 0.25) is 0 Å². The SMILES string of the molecule is CCCCNC(=O)COc1ccc(CCN)cc1OC. The van der Waals surface area contributed by atoms with Crippen LogP contribution in [-0.2, 0) is 11.2 Å². The van der Waals surface area contributed by atoms with Gasteiger partial charge < -0.3 is 20.5 Å². The van der Waals surface area contributed by atoms with Gasteiger partial charge in [0.15, 0.2) is 18.1 Å². The standard InChI is InChI=1S/C15H24N2O3/c1-3-4-9-17-15(18)11-20-13-6-5-12(7-8-16)10-14(13)19-2/h5-6,10H,3-4,7-9,11,16H2,1-2H3,(H,17,18). The lowest BCUT2D eigenvalue weighted by molar-refractivity contribution is -0.123. The number of methoxy groups -OCH3 is 1. The molecule has 0 aliphatic rings. The second-order valence-corrected chi connectivity index (χ2v) is 4.52. The van der Waals surface area contributed by atoms with E-state index in [-0.39, 0.29) is 12.5 Å². The first-order valence-electron chi connectivity index (χ1n) is 6.97. The highest BCUT2D eigenvalue weighted by Gasteiger charge is 2.08. The van der Waals surface area contributed by atoms with Gasteiger partial charge in [-0.1, -0.05) is 19.4 Å². The molecule has 0 saturated carbocycles. The van der Waals surface area contributed by atoms with Crippen LogP contribution in [0.5, 0.6) is 11.5 Å². The third-order valence-corrected chi connectivity index (χ3v) is 2.87. The van der Waals surface area contributed by atoms with E-state index in [1.165, 1.54) is 0 Å². The van der Waals surface area contributed by atoms with E-state index >= 15 is 0 Å². The normalized spacial score (nSPS) is 10.2. The van der Waals surface area contributed by atoms with E-state index in [2.05, 4.69) is 12.2 Å². The van der Waals surface area contributed by atoms with Crippen LogP contribution in [0.3, 0.4) is 0 Å². The van der Waals surface area contributed by atoms with E-state index in [1.54, 1.807) is 7.11 Å². The minimum atomic E-state index is -0.119. The van der Waals surface area contributed by atoms with Crippen molar-refractivity contribution in [1.82, 2.24) is 5.32 Å². The monoisotopic (exact) mass is 280 g/mol. The van der Waals surface area contributed by atoms with Gasteiger partial charge in [-0.25, -0.2) is 0 Å². The van der Waals surface area contributed by atoms with E-state index < -0.39 is 0 Å². The van der Waals surface area contributed by atoms with Crippen LogP contribution >= 0.6 is 0 Å². The van der Waals surface area contributed by atoms with Crippen molar-refractivity contribution < 1.29 is 14.3 Å². The zero-order valence-electron chi connectivity index (χ0n) is 12.3. The molecule has 0 unspecified atom stereocenters. The fourth-order valence-corrected chi connectivity index (χ4v) is 1.75. The minimum absolute atomic E-state index is 0.00366. The summed E-state index contributed by atoms with van der Waals surface area (Å²) < 4.78 is 10.8. The molecule has 1 amide bonds. The molecular weight excluding hydrogens is 256 g/mol. The molecule has 0 aliphatic heterocycles. The smallest absolute Gasteiger partial charge is 0.257 e. The lowest BCUT2D eigenvalue weighted by Crippen LogP contribution is -2.29. The lowest BCUT2D eigenvalue weighted by Gasteiger charge is -2.12. The molecule has 3 N–H and O–H groups in total. The van der Waals surface area contributed by atoms with E-state index in [4.69, 9.17) is 15.2 Å². The Balaban J connectivity index is 2.52. The number of carbonyl (C=O) groups is 1. The van der Waals surface area contributed by atoms with Crippen molar-refractivity contribution in [2.45, 2.75) is 26.2 Å². The molecule has 112 valence electrons. The highest BCUT2D eigenvalue weighted by Crippen LogP contribution is 2.28. The fraction of sp³-hybridized carbons (Fsp3) is 0.533. The average molecular weight is 280 g/mol. The number of nitrogens with one attached hydrogen (secondary N) is 1. The molecule has 1 rings (SSSR count). The summed E-state index contributed by atoms with van der Waals surface area (Å²) in [7, 11) is 1.58. The van der Waals surface area contributed by atoms with Crippen molar-refractivity contribution in [2.24, 2.45) is 5.73 Å². The van der Waals surface area contributed by atoms with Crippen molar-refractivity contribution >= 4 is 5.91 Å². The van der Waals surface area contributed by atoms with Gasteiger partial charge in [0.1, 0.15) is 0 Å². The molecular formula is C15H24N2O3. The summed E-state index contributed by atoms with van der Waals surface area (Å²) in [6.45, 7) is 3.35. The average Bonchev–Trinajstić information content (AvgIpc) is 2.46. The summed E-state index contributed by atoms with van der Waals surface area (Å²) in [4.78, 5) is 11.6. The number of nitrogens with two attached hydrogens (primary N) is 1. The molecule has 1 aromatic rings. The third kappa shape index (κ3) is 5.48. The molecule has 0 aromatic heterocycles. The first-order valence-corrected chi connectivity index (χ1v) is 6.97. The predicted molar refractivity (Wildman–Crippen MR) is 79.2 cm³/mol. The molecule has 0 saturated heterocycles. The zero-order valence-corrected chi connectivity index (χ0v) is 12.3. The Hall–Kier alpha value is -1.75. The Labute approximate surface area is 120 Å². The summed E-state index contributed by atoms with van der Waals surface area (Å²) in [6, 6.07) is 5.63. The van der Waals surface area contributed by atoms with Gasteiger partial charge >= 0.3 is 0 Å². The number of hydrogen-bond acceptors (Lipinski definition) is 4. The van der Waals surface area contributed by atoms with Gasteiger partial charge in [0.05, 0.1) is 7.11 Å². The van der Waals surface area contributed by atoms with Crippen LogP contribution in [-0.4, -0.2) is 32.7 Å². The number of carbonyl (C=O) groups excluding carboxylic acids is 1. The molecule has 0 atom stereocenters. The number of hydrogen-bond donors (Lipinski definition) is 2. The number of unbranched alkanes of at least 4 members (excludes halogenated alkanes) is 1. The van der Waals surface area contributed by atoms with Crippen molar-refractivity contribution in [3.05, 3.63) is 23.8 Å². The highest BCUT2D eigenvalue weighted by molar-refractivity contribution is 5.77. The van der Waals surface area contributed by atoms with Crippen LogP contribution < -0.4 is 20.5 Å². The summed E-state index contributed by atoms with van der Waals surface area (Å²) >= 11 is 0. The Bertz CT molecular complexity index is 422. The molecule has 5 heteroatoms. The van der Waals surface area contributed by atoms with Gasteiger partial charge in [0.25, 0.3) is 5.91 Å². The summed E-state index contributed by atoms with van der Waals surface area (Å²) in [5.74, 6) is 1.07. The number of amides is 1. The van der Waals surface area contributed by atoms with Gasteiger partial charge in [-0.3, -0.25) is 4.79 Å². The molecule has 1 aromatic carbocycles. The molecule has 0 aliphatic carbocycles. The Morgan fingerprint density at radius 3 is 2.80 bits per heavy atom. The Morgan fingerprint density at radius 1 is 1.35 bits per heavy atom. The van der Waals surface area contributed by atoms with Crippen LogP contribution in [0, 0.1) is 0 Å². The minimum Gasteiger partial charge on any atom is -0.493 e. The number of benzene rings is 1. The Morgan fingerprint density at radius 2 is 2.15 bits per heavy atom. The van der Waals surface area contributed by atoms with Crippen molar-refractivity contribution in [3.8, 4) is 11.5 Å². The molecule has 0 radical (unpaired) electrons. The Kier molecular flexibility index (Phi) is 7.50. The maximum atomic E-state index is 11.6. The van der Waals surface area contributed by atoms with E-state index in [9.17, 15) is 4.79 Å². The van der Waals surface area contributed by atoms with Crippen molar-refractivity contribution in [2.75, 3.05) is 26.8 Å². The van der Waals surface area contributed by atoms with Gasteiger partial charge in [-0.15, -0.1) is 0 Å². The molecule has 5 nitrogen and oxygen atoms in total. The summed E-state index contributed by atoms with van der Waals surface area (Å²) in [5, 5.41) is 2.80. The lowest BCUT2D eigenvalue weighted by atomic mass is 10.1. The highest BCUT2D eigenvalue weighted by atomic mass is 16.5. The van der Waals surface area contributed by atoms with E-state index in [0.717, 1.165) is 24.8 Å². The topological polar surface area (TPSA) is 73.6 Å². The maximum absolute atomic E-state index is 11.6. The molecule has 0 heterocycles. The van der Waals surface area contributed by atoms with Gasteiger partial charge in [0, 0.05) is 6.54 Å². The number of ether oxygens (including phenoxy) is 2. The van der Waals surface area contributed by atoms with Crippen LogP contribution in [0.25, 0.3) is 0 Å². The molecule has 0 bridgehead atoms. The third-order valence-electron chi connectivity index (χ3n) is 2.87. The largest absolute Gasteiger partial charge is 0.493 e. The van der Waals surface area contributed by atoms with E-state index in [0.29, 0.717) is 24.6 Å². The molecule has 20 heavy (non-hydrogen) atoms. The first kappa shape index (κ1) is 16.3.